The first-order chi connectivity index (χ1) is 14.4. The van der Waals surface area contributed by atoms with Crippen LogP contribution in [0, 0.1) is 0 Å². The Morgan fingerprint density at radius 2 is 1.17 bits per heavy atom. The zero-order valence-corrected chi connectivity index (χ0v) is 16.6. The summed E-state index contributed by atoms with van der Waals surface area (Å²) >= 11 is 1.48. The van der Waals surface area contributed by atoms with E-state index in [4.69, 9.17) is 9.78 Å². The standard InChI is InChI=1S/C24H22N2O2S/c1-4-11-20(12-5-1)24(21-13-6-2-7-14-21,22-15-8-3-9-16-22)26-25-19-27-28-23-17-10-18-29-23/h1-18,25-26H,19H2. The van der Waals surface area contributed by atoms with Gasteiger partial charge in [-0.05, 0) is 34.2 Å². The summed E-state index contributed by atoms with van der Waals surface area (Å²) in [6.07, 6.45) is 0. The third-order valence-corrected chi connectivity index (χ3v) is 5.39. The number of benzene rings is 3. The third-order valence-electron chi connectivity index (χ3n) is 4.66. The highest BCUT2D eigenvalue weighted by Crippen LogP contribution is 2.36. The van der Waals surface area contributed by atoms with Crippen molar-refractivity contribution >= 4 is 11.3 Å². The molecule has 0 fully saturated rings. The van der Waals surface area contributed by atoms with Gasteiger partial charge in [-0.1, -0.05) is 91.0 Å². The molecule has 0 saturated carbocycles. The average molecular weight is 403 g/mol. The van der Waals surface area contributed by atoms with Gasteiger partial charge in [0, 0.05) is 0 Å². The molecule has 4 nitrogen and oxygen atoms in total. The Balaban J connectivity index is 1.64. The van der Waals surface area contributed by atoms with Gasteiger partial charge in [0.25, 0.3) is 0 Å². The van der Waals surface area contributed by atoms with Crippen molar-refractivity contribution in [2.24, 2.45) is 0 Å². The topological polar surface area (TPSA) is 42.5 Å². The van der Waals surface area contributed by atoms with Crippen LogP contribution in [0.1, 0.15) is 16.7 Å². The van der Waals surface area contributed by atoms with Crippen LogP contribution in [-0.2, 0) is 10.4 Å². The molecule has 0 aliphatic carbocycles. The Morgan fingerprint density at radius 3 is 1.62 bits per heavy atom. The van der Waals surface area contributed by atoms with E-state index < -0.39 is 5.54 Å². The van der Waals surface area contributed by atoms with E-state index in [0.29, 0.717) is 5.06 Å². The van der Waals surface area contributed by atoms with Crippen molar-refractivity contribution < 1.29 is 9.78 Å². The molecule has 0 amide bonds. The van der Waals surface area contributed by atoms with E-state index in [1.807, 2.05) is 72.1 Å². The zero-order valence-electron chi connectivity index (χ0n) is 15.8. The maximum absolute atomic E-state index is 5.32. The minimum atomic E-state index is -0.601. The lowest BCUT2D eigenvalue weighted by atomic mass is 9.77. The molecule has 0 radical (unpaired) electrons. The predicted molar refractivity (Wildman–Crippen MR) is 116 cm³/mol. The molecular formula is C24H22N2O2S. The van der Waals surface area contributed by atoms with Gasteiger partial charge in [0.15, 0.2) is 6.73 Å². The number of thiophene rings is 1. The zero-order chi connectivity index (χ0) is 19.8. The minimum Gasteiger partial charge on any atom is -0.325 e. The first-order valence-electron chi connectivity index (χ1n) is 9.39. The van der Waals surface area contributed by atoms with Crippen LogP contribution < -0.4 is 15.7 Å². The van der Waals surface area contributed by atoms with Gasteiger partial charge in [0.2, 0.25) is 5.06 Å². The van der Waals surface area contributed by atoms with Crippen LogP contribution in [0.15, 0.2) is 109 Å². The van der Waals surface area contributed by atoms with Crippen LogP contribution >= 0.6 is 11.3 Å². The summed E-state index contributed by atoms with van der Waals surface area (Å²) in [7, 11) is 0. The maximum Gasteiger partial charge on any atom is 0.219 e. The number of hydrogen-bond donors (Lipinski definition) is 2. The van der Waals surface area contributed by atoms with Crippen molar-refractivity contribution in [2.45, 2.75) is 5.54 Å². The summed E-state index contributed by atoms with van der Waals surface area (Å²) < 4.78 is 0. The Kier molecular flexibility index (Phi) is 6.34. The third kappa shape index (κ3) is 4.39. The van der Waals surface area contributed by atoms with Gasteiger partial charge in [0.05, 0.1) is 0 Å². The molecule has 29 heavy (non-hydrogen) atoms. The molecule has 4 rings (SSSR count). The van der Waals surface area contributed by atoms with Gasteiger partial charge in [0.1, 0.15) is 5.54 Å². The van der Waals surface area contributed by atoms with E-state index in [-0.39, 0.29) is 6.73 Å². The van der Waals surface area contributed by atoms with Crippen LogP contribution in [0.25, 0.3) is 0 Å². The van der Waals surface area contributed by atoms with Crippen LogP contribution in [0.2, 0.25) is 0 Å². The molecule has 2 N–H and O–H groups in total. The average Bonchev–Trinajstić information content (AvgIpc) is 3.32. The Bertz CT molecular complexity index is 881. The largest absolute Gasteiger partial charge is 0.325 e. The molecule has 0 bridgehead atoms. The summed E-state index contributed by atoms with van der Waals surface area (Å²) in [5, 5.41) is 2.66. The molecule has 4 aromatic rings. The van der Waals surface area contributed by atoms with Gasteiger partial charge < -0.3 is 4.89 Å². The molecular weight excluding hydrogens is 380 g/mol. The fraction of sp³-hybridized carbons (Fsp3) is 0.0833. The number of hydrazine groups is 1. The first-order valence-corrected chi connectivity index (χ1v) is 10.3. The maximum atomic E-state index is 5.32. The lowest BCUT2D eigenvalue weighted by molar-refractivity contribution is -0.212. The lowest BCUT2D eigenvalue weighted by Gasteiger charge is -2.37. The molecule has 3 aromatic carbocycles. The predicted octanol–water partition coefficient (Wildman–Crippen LogP) is 5.10. The number of rotatable bonds is 9. The van der Waals surface area contributed by atoms with Gasteiger partial charge >= 0.3 is 0 Å². The highest BCUT2D eigenvalue weighted by molar-refractivity contribution is 7.11. The van der Waals surface area contributed by atoms with Crippen molar-refractivity contribution in [2.75, 3.05) is 6.73 Å². The molecule has 146 valence electrons. The molecule has 0 atom stereocenters. The first kappa shape index (κ1) is 19.4. The van der Waals surface area contributed by atoms with Crippen molar-refractivity contribution in [3.63, 3.8) is 0 Å². The highest BCUT2D eigenvalue weighted by atomic mass is 32.1. The quantitative estimate of drug-likeness (QED) is 0.134. The summed E-state index contributed by atoms with van der Waals surface area (Å²) in [6, 6.07) is 34.9. The van der Waals surface area contributed by atoms with Crippen molar-refractivity contribution in [3.8, 4) is 5.06 Å². The molecule has 0 aliphatic rings. The summed E-state index contributed by atoms with van der Waals surface area (Å²) in [6.45, 7) is 0.173. The second-order valence-electron chi connectivity index (χ2n) is 6.43. The van der Waals surface area contributed by atoms with Gasteiger partial charge in [-0.2, -0.15) is 4.89 Å². The van der Waals surface area contributed by atoms with Crippen molar-refractivity contribution in [1.82, 2.24) is 10.9 Å². The molecule has 0 spiro atoms. The fourth-order valence-corrected chi connectivity index (χ4v) is 3.91. The van der Waals surface area contributed by atoms with E-state index in [1.54, 1.807) is 0 Å². The summed E-state index contributed by atoms with van der Waals surface area (Å²) in [4.78, 5) is 10.6. The van der Waals surface area contributed by atoms with E-state index >= 15 is 0 Å². The van der Waals surface area contributed by atoms with Gasteiger partial charge in [-0.3, -0.25) is 0 Å². The van der Waals surface area contributed by atoms with Crippen molar-refractivity contribution in [1.29, 1.82) is 0 Å². The molecule has 0 aliphatic heterocycles. The van der Waals surface area contributed by atoms with Gasteiger partial charge in [-0.15, -0.1) is 11.3 Å². The van der Waals surface area contributed by atoms with E-state index in [1.165, 1.54) is 11.3 Å². The Labute approximate surface area is 174 Å². The molecule has 1 heterocycles. The van der Waals surface area contributed by atoms with Crippen LogP contribution in [0.4, 0.5) is 0 Å². The molecule has 1 aromatic heterocycles. The Hall–Kier alpha value is -2.96. The second kappa shape index (κ2) is 9.49. The van der Waals surface area contributed by atoms with E-state index in [9.17, 15) is 0 Å². The molecule has 0 saturated heterocycles. The molecule has 5 heteroatoms. The summed E-state index contributed by atoms with van der Waals surface area (Å²) in [5.74, 6) is 0. The van der Waals surface area contributed by atoms with Crippen LogP contribution in [-0.4, -0.2) is 6.73 Å². The van der Waals surface area contributed by atoms with Crippen LogP contribution in [0.5, 0.6) is 5.06 Å². The number of hydrogen-bond acceptors (Lipinski definition) is 5. The minimum absolute atomic E-state index is 0.173. The second-order valence-corrected chi connectivity index (χ2v) is 7.34. The fourth-order valence-electron chi connectivity index (χ4n) is 3.38. The van der Waals surface area contributed by atoms with E-state index in [2.05, 4.69) is 47.2 Å². The Morgan fingerprint density at radius 1 is 0.655 bits per heavy atom. The van der Waals surface area contributed by atoms with Crippen LogP contribution in [0.3, 0.4) is 0 Å². The SMILES string of the molecule is c1ccc(C(NNCOOc2cccs2)(c2ccccc2)c2ccccc2)cc1. The van der Waals surface area contributed by atoms with Crippen molar-refractivity contribution in [3.05, 3.63) is 125 Å². The lowest BCUT2D eigenvalue weighted by Crippen LogP contribution is -2.52. The smallest absolute Gasteiger partial charge is 0.219 e. The number of nitrogens with one attached hydrogen (secondary N) is 2. The monoisotopic (exact) mass is 402 g/mol. The van der Waals surface area contributed by atoms with Gasteiger partial charge in [-0.25, -0.2) is 10.9 Å². The normalized spacial score (nSPS) is 11.3. The van der Waals surface area contributed by atoms with E-state index in [0.717, 1.165) is 16.7 Å². The highest BCUT2D eigenvalue weighted by Gasteiger charge is 2.35. The molecule has 0 unspecified atom stereocenters. The summed E-state index contributed by atoms with van der Waals surface area (Å²) in [5.41, 5.74) is 9.45.